The summed E-state index contributed by atoms with van der Waals surface area (Å²) in [5.74, 6) is 0.850. The molecule has 1 aromatic heterocycles. The first-order valence-corrected chi connectivity index (χ1v) is 9.06. The molecule has 118 valence electrons. The van der Waals surface area contributed by atoms with Crippen molar-refractivity contribution in [2.75, 3.05) is 38.5 Å². The molecule has 2 fully saturated rings. The van der Waals surface area contributed by atoms with E-state index in [9.17, 15) is 0 Å². The van der Waals surface area contributed by atoms with Gasteiger partial charge in [0.1, 0.15) is 5.01 Å². The highest BCUT2D eigenvalue weighted by Gasteiger charge is 2.34. The Morgan fingerprint density at radius 3 is 3.05 bits per heavy atom. The average Bonchev–Trinajstić information content (AvgIpc) is 2.93. The largest absolute Gasteiger partial charge is 0.360 e. The molecule has 2 atom stereocenters. The molecule has 21 heavy (non-hydrogen) atoms. The van der Waals surface area contributed by atoms with Crippen LogP contribution in [0.1, 0.15) is 37.6 Å². The third-order valence-corrected chi connectivity index (χ3v) is 5.65. The number of rotatable bonds is 5. The van der Waals surface area contributed by atoms with E-state index in [0.29, 0.717) is 0 Å². The molecule has 5 nitrogen and oxygen atoms in total. The lowest BCUT2D eigenvalue weighted by molar-refractivity contribution is 0.0354. The van der Waals surface area contributed by atoms with E-state index < -0.39 is 0 Å². The highest BCUT2D eigenvalue weighted by molar-refractivity contribution is 7.15. The average molecular weight is 309 g/mol. The lowest BCUT2D eigenvalue weighted by Gasteiger charge is -2.45. The van der Waals surface area contributed by atoms with Gasteiger partial charge in [-0.3, -0.25) is 4.90 Å². The van der Waals surface area contributed by atoms with Crippen LogP contribution in [0.2, 0.25) is 0 Å². The first-order chi connectivity index (χ1) is 10.3. The Kier molecular flexibility index (Phi) is 5.08. The second-order valence-electron chi connectivity index (χ2n) is 6.40. The normalized spacial score (nSPS) is 27.5. The number of likely N-dealkylation sites (tertiary alicyclic amines) is 2. The number of anilines is 1. The highest BCUT2D eigenvalue weighted by atomic mass is 32.1. The molecule has 2 unspecified atom stereocenters. The van der Waals surface area contributed by atoms with Crippen LogP contribution < -0.4 is 5.32 Å². The molecule has 0 bridgehead atoms. The van der Waals surface area contributed by atoms with Gasteiger partial charge in [-0.05, 0) is 45.2 Å². The minimum Gasteiger partial charge on any atom is -0.360 e. The van der Waals surface area contributed by atoms with Crippen molar-refractivity contribution in [3.05, 3.63) is 5.01 Å². The Balaban J connectivity index is 1.53. The van der Waals surface area contributed by atoms with Gasteiger partial charge in [0.25, 0.3) is 0 Å². The maximum Gasteiger partial charge on any atom is 0.205 e. The van der Waals surface area contributed by atoms with Crippen molar-refractivity contribution in [3.63, 3.8) is 0 Å². The van der Waals surface area contributed by atoms with Gasteiger partial charge in [0.2, 0.25) is 5.13 Å². The Hall–Kier alpha value is -0.720. The number of piperidine rings is 2. The zero-order valence-corrected chi connectivity index (χ0v) is 14.0. The quantitative estimate of drug-likeness (QED) is 0.904. The number of nitrogens with zero attached hydrogens (tertiary/aromatic N) is 4. The van der Waals surface area contributed by atoms with Crippen LogP contribution in [-0.2, 0) is 6.54 Å². The standard InChI is InChI=1S/C15H27N5S/c1-3-7-16-15-18-17-14(21-15)11-20-9-6-13-12(10-20)5-4-8-19(13)2/h12-13H,3-11H2,1-2H3,(H,16,18). The Labute approximate surface area is 131 Å². The molecule has 2 aliphatic heterocycles. The molecular formula is C15H27N5S. The van der Waals surface area contributed by atoms with Gasteiger partial charge in [0.15, 0.2) is 0 Å². The van der Waals surface area contributed by atoms with E-state index in [1.807, 2.05) is 0 Å². The van der Waals surface area contributed by atoms with E-state index in [1.165, 1.54) is 38.9 Å². The zero-order valence-electron chi connectivity index (χ0n) is 13.2. The molecule has 2 aliphatic rings. The lowest BCUT2D eigenvalue weighted by Crippen LogP contribution is -2.52. The molecule has 0 amide bonds. The topological polar surface area (TPSA) is 44.3 Å². The Morgan fingerprint density at radius 1 is 1.29 bits per heavy atom. The summed E-state index contributed by atoms with van der Waals surface area (Å²) in [6.45, 7) is 7.83. The predicted molar refractivity (Wildman–Crippen MR) is 87.7 cm³/mol. The van der Waals surface area contributed by atoms with Gasteiger partial charge in [-0.15, -0.1) is 10.2 Å². The molecule has 3 heterocycles. The lowest BCUT2D eigenvalue weighted by atomic mass is 9.84. The molecular weight excluding hydrogens is 282 g/mol. The van der Waals surface area contributed by atoms with E-state index >= 15 is 0 Å². The third kappa shape index (κ3) is 3.73. The van der Waals surface area contributed by atoms with Gasteiger partial charge in [-0.1, -0.05) is 18.3 Å². The molecule has 0 aromatic carbocycles. The maximum absolute atomic E-state index is 4.34. The summed E-state index contributed by atoms with van der Waals surface area (Å²) in [6, 6.07) is 0.811. The van der Waals surface area contributed by atoms with Crippen molar-refractivity contribution in [3.8, 4) is 0 Å². The number of hydrogen-bond acceptors (Lipinski definition) is 6. The molecule has 0 saturated carbocycles. The second kappa shape index (κ2) is 7.03. The summed E-state index contributed by atoms with van der Waals surface area (Å²) in [5.41, 5.74) is 0. The summed E-state index contributed by atoms with van der Waals surface area (Å²) >= 11 is 1.71. The van der Waals surface area contributed by atoms with Crippen molar-refractivity contribution in [2.45, 2.75) is 45.2 Å². The van der Waals surface area contributed by atoms with E-state index in [2.05, 4.69) is 39.3 Å². The molecule has 6 heteroatoms. The Morgan fingerprint density at radius 2 is 2.19 bits per heavy atom. The van der Waals surface area contributed by atoms with E-state index in [4.69, 9.17) is 0 Å². The Bertz CT molecular complexity index is 449. The van der Waals surface area contributed by atoms with Gasteiger partial charge < -0.3 is 10.2 Å². The van der Waals surface area contributed by atoms with Crippen LogP contribution >= 0.6 is 11.3 Å². The second-order valence-corrected chi connectivity index (χ2v) is 7.46. The minimum atomic E-state index is 0.811. The summed E-state index contributed by atoms with van der Waals surface area (Å²) in [7, 11) is 2.29. The monoisotopic (exact) mass is 309 g/mol. The fourth-order valence-electron chi connectivity index (χ4n) is 3.68. The number of nitrogens with one attached hydrogen (secondary N) is 1. The fourth-order valence-corrected chi connectivity index (χ4v) is 4.49. The number of aromatic nitrogens is 2. The number of fused-ring (bicyclic) bond motifs is 1. The molecule has 0 radical (unpaired) electrons. The minimum absolute atomic E-state index is 0.811. The maximum atomic E-state index is 4.34. The van der Waals surface area contributed by atoms with Crippen molar-refractivity contribution in [1.82, 2.24) is 20.0 Å². The van der Waals surface area contributed by atoms with Crippen LogP contribution in [0.5, 0.6) is 0 Å². The highest BCUT2D eigenvalue weighted by Crippen LogP contribution is 2.30. The SMILES string of the molecule is CCCNc1nnc(CN2CCC3C(CCCN3C)C2)s1. The van der Waals surface area contributed by atoms with Crippen LogP contribution in [0, 0.1) is 5.92 Å². The summed E-state index contributed by atoms with van der Waals surface area (Å²) in [4.78, 5) is 5.15. The van der Waals surface area contributed by atoms with Gasteiger partial charge in [0, 0.05) is 25.7 Å². The zero-order chi connectivity index (χ0) is 14.7. The van der Waals surface area contributed by atoms with Crippen LogP contribution in [0.4, 0.5) is 5.13 Å². The van der Waals surface area contributed by atoms with Gasteiger partial charge >= 0.3 is 0 Å². The van der Waals surface area contributed by atoms with Crippen LogP contribution in [0.3, 0.4) is 0 Å². The summed E-state index contributed by atoms with van der Waals surface area (Å²) < 4.78 is 0. The van der Waals surface area contributed by atoms with Crippen molar-refractivity contribution in [2.24, 2.45) is 5.92 Å². The van der Waals surface area contributed by atoms with Crippen molar-refractivity contribution >= 4 is 16.5 Å². The fraction of sp³-hybridized carbons (Fsp3) is 0.867. The number of hydrogen-bond donors (Lipinski definition) is 1. The first-order valence-electron chi connectivity index (χ1n) is 8.25. The summed E-state index contributed by atoms with van der Waals surface area (Å²) in [5, 5.41) is 14.0. The van der Waals surface area contributed by atoms with Gasteiger partial charge in [-0.25, -0.2) is 0 Å². The molecule has 1 aromatic rings. The van der Waals surface area contributed by atoms with Crippen molar-refractivity contribution < 1.29 is 0 Å². The first kappa shape index (κ1) is 15.2. The van der Waals surface area contributed by atoms with Gasteiger partial charge in [-0.2, -0.15) is 0 Å². The van der Waals surface area contributed by atoms with Crippen molar-refractivity contribution in [1.29, 1.82) is 0 Å². The molecule has 2 saturated heterocycles. The van der Waals surface area contributed by atoms with E-state index in [-0.39, 0.29) is 0 Å². The molecule has 1 N–H and O–H groups in total. The van der Waals surface area contributed by atoms with E-state index in [1.54, 1.807) is 11.3 Å². The molecule has 0 spiro atoms. The van der Waals surface area contributed by atoms with E-state index in [0.717, 1.165) is 41.6 Å². The smallest absolute Gasteiger partial charge is 0.205 e. The van der Waals surface area contributed by atoms with Gasteiger partial charge in [0.05, 0.1) is 6.54 Å². The predicted octanol–water partition coefficient (Wildman–Crippen LogP) is 2.28. The third-order valence-electron chi connectivity index (χ3n) is 4.78. The van der Waals surface area contributed by atoms with Crippen LogP contribution in [0.15, 0.2) is 0 Å². The van der Waals surface area contributed by atoms with Crippen LogP contribution in [0.25, 0.3) is 0 Å². The van der Waals surface area contributed by atoms with Crippen LogP contribution in [-0.4, -0.2) is 59.3 Å². The molecule has 3 rings (SSSR count). The molecule has 0 aliphatic carbocycles. The summed E-state index contributed by atoms with van der Waals surface area (Å²) in [6.07, 6.45) is 5.18.